The van der Waals surface area contributed by atoms with Crippen LogP contribution in [0.25, 0.3) is 22.2 Å². The second kappa shape index (κ2) is 11.3. The molecule has 0 bridgehead atoms. The van der Waals surface area contributed by atoms with Crippen LogP contribution in [-0.4, -0.2) is 57.4 Å². The Morgan fingerprint density at radius 3 is 2.43 bits per heavy atom. The van der Waals surface area contributed by atoms with E-state index in [1.54, 1.807) is 54.7 Å². The van der Waals surface area contributed by atoms with Gasteiger partial charge in [-0.1, -0.05) is 29.3 Å². The number of aliphatic hydroxyl groups is 2. The summed E-state index contributed by atoms with van der Waals surface area (Å²) in [6, 6.07) is 13.8. The number of nitrogens with zero attached hydrogens (tertiary/aromatic N) is 3. The van der Waals surface area contributed by atoms with Crippen molar-refractivity contribution in [1.29, 1.82) is 0 Å². The Bertz CT molecular complexity index is 1330. The average molecular weight is 514 g/mol. The lowest BCUT2D eigenvalue weighted by Gasteiger charge is -2.14. The van der Waals surface area contributed by atoms with Crippen LogP contribution in [0.2, 0.25) is 10.0 Å². The van der Waals surface area contributed by atoms with Gasteiger partial charge in [0, 0.05) is 45.0 Å². The smallest absolute Gasteiger partial charge is 0.270 e. The zero-order valence-corrected chi connectivity index (χ0v) is 19.8. The molecule has 0 atom stereocenters. The van der Waals surface area contributed by atoms with E-state index in [1.165, 1.54) is 0 Å². The molecule has 0 saturated carbocycles. The molecule has 0 aliphatic carbocycles. The number of hydrogen-bond acceptors (Lipinski definition) is 8. The first kappa shape index (κ1) is 24.6. The van der Waals surface area contributed by atoms with Crippen molar-refractivity contribution in [3.63, 3.8) is 0 Å². The molecule has 0 saturated heterocycles. The predicted octanol–water partition coefficient (Wildman–Crippen LogP) is 3.84. The fourth-order valence-corrected chi connectivity index (χ4v) is 3.92. The van der Waals surface area contributed by atoms with Crippen LogP contribution in [0.5, 0.6) is 5.75 Å². The monoisotopic (exact) mass is 513 g/mol. The van der Waals surface area contributed by atoms with E-state index in [-0.39, 0.29) is 43.7 Å². The Kier molecular flexibility index (Phi) is 7.94. The maximum Gasteiger partial charge on any atom is 0.270 e. The number of fused-ring (bicyclic) bond motifs is 1. The van der Waals surface area contributed by atoms with Gasteiger partial charge >= 0.3 is 0 Å². The fourth-order valence-electron chi connectivity index (χ4n) is 3.32. The van der Waals surface area contributed by atoms with Crippen LogP contribution >= 0.6 is 23.2 Å². The Hall–Kier alpha value is -3.50. The molecule has 0 fully saturated rings. The number of aliphatic hydroxyl groups excluding tert-OH is 2. The molecule has 0 unspecified atom stereocenters. The number of carbonyl (C=O) groups is 1. The maximum absolute atomic E-state index is 12.9. The van der Waals surface area contributed by atoms with Crippen LogP contribution in [0.1, 0.15) is 10.5 Å². The van der Waals surface area contributed by atoms with Crippen LogP contribution in [-0.2, 0) is 0 Å². The number of halogens is 2. The number of anilines is 2. The highest BCUT2D eigenvalue weighted by Crippen LogP contribution is 2.37. The molecule has 2 aromatic heterocycles. The van der Waals surface area contributed by atoms with Gasteiger partial charge in [0.15, 0.2) is 5.65 Å². The summed E-state index contributed by atoms with van der Waals surface area (Å²) in [5.74, 6) is 0.396. The summed E-state index contributed by atoms with van der Waals surface area (Å²) < 4.78 is 5.35. The Balaban J connectivity index is 1.72. The van der Waals surface area contributed by atoms with E-state index in [4.69, 9.17) is 38.2 Å². The van der Waals surface area contributed by atoms with Gasteiger partial charge in [-0.25, -0.2) is 9.97 Å². The molecule has 9 nitrogen and oxygen atoms in total. The van der Waals surface area contributed by atoms with E-state index in [1.807, 2.05) is 0 Å². The van der Waals surface area contributed by atoms with Crippen molar-refractivity contribution >= 4 is 51.8 Å². The number of nitrogens with one attached hydrogen (secondary N) is 2. The zero-order chi connectivity index (χ0) is 24.8. The molecular weight excluding hydrogens is 493 g/mol. The van der Waals surface area contributed by atoms with Gasteiger partial charge in [0.05, 0.1) is 13.2 Å². The molecule has 2 aromatic carbocycles. The normalized spacial score (nSPS) is 10.9. The van der Waals surface area contributed by atoms with Gasteiger partial charge in [-0.15, -0.1) is 0 Å². The number of amides is 1. The highest BCUT2D eigenvalue weighted by Gasteiger charge is 2.21. The number of ether oxygens (including phenoxy) is 1. The van der Waals surface area contributed by atoms with Crippen molar-refractivity contribution in [2.75, 3.05) is 31.7 Å². The third-order valence-corrected chi connectivity index (χ3v) is 5.51. The van der Waals surface area contributed by atoms with Crippen molar-refractivity contribution in [1.82, 2.24) is 20.3 Å². The second-order valence-corrected chi connectivity index (χ2v) is 8.10. The Labute approximate surface area is 210 Å². The van der Waals surface area contributed by atoms with Crippen LogP contribution in [0.15, 0.2) is 54.7 Å². The van der Waals surface area contributed by atoms with Crippen LogP contribution < -0.4 is 15.4 Å². The number of benzene rings is 2. The molecule has 0 radical (unpaired) electrons. The summed E-state index contributed by atoms with van der Waals surface area (Å²) in [6.07, 6.45) is 1.58. The van der Waals surface area contributed by atoms with Crippen molar-refractivity contribution in [2.24, 2.45) is 0 Å². The minimum atomic E-state index is -0.501. The molecule has 0 aliphatic heterocycles. The number of rotatable bonds is 9. The molecule has 11 heteroatoms. The molecule has 0 spiro atoms. The van der Waals surface area contributed by atoms with E-state index >= 15 is 0 Å². The van der Waals surface area contributed by atoms with Crippen LogP contribution in [0, 0.1) is 0 Å². The predicted molar refractivity (Wildman–Crippen MR) is 135 cm³/mol. The fraction of sp³-hybridized carbons (Fsp3) is 0.167. The minimum Gasteiger partial charge on any atom is -0.491 e. The van der Waals surface area contributed by atoms with Crippen molar-refractivity contribution in [3.05, 3.63) is 70.5 Å². The summed E-state index contributed by atoms with van der Waals surface area (Å²) in [5, 5.41) is 25.0. The van der Waals surface area contributed by atoms with Gasteiger partial charge in [-0.2, -0.15) is 4.98 Å². The highest BCUT2D eigenvalue weighted by atomic mass is 35.5. The van der Waals surface area contributed by atoms with E-state index in [9.17, 15) is 4.79 Å². The molecule has 2 heterocycles. The van der Waals surface area contributed by atoms with E-state index in [0.29, 0.717) is 38.0 Å². The lowest BCUT2D eigenvalue weighted by atomic mass is 10.0. The van der Waals surface area contributed by atoms with E-state index in [0.717, 1.165) is 0 Å². The summed E-state index contributed by atoms with van der Waals surface area (Å²) >= 11 is 12.8. The number of pyridine rings is 1. The molecule has 0 aliphatic rings. The van der Waals surface area contributed by atoms with Crippen LogP contribution in [0.3, 0.4) is 0 Å². The van der Waals surface area contributed by atoms with Gasteiger partial charge in [-0.05, 0) is 42.5 Å². The van der Waals surface area contributed by atoms with Crippen LogP contribution in [0.4, 0.5) is 11.6 Å². The van der Waals surface area contributed by atoms with Gasteiger partial charge in [0.25, 0.3) is 5.91 Å². The summed E-state index contributed by atoms with van der Waals surface area (Å²) in [4.78, 5) is 26.2. The first-order valence-electron chi connectivity index (χ1n) is 10.6. The summed E-state index contributed by atoms with van der Waals surface area (Å²) in [5.41, 5.74) is 1.94. The second-order valence-electron chi connectivity index (χ2n) is 7.29. The lowest BCUT2D eigenvalue weighted by Crippen LogP contribution is -2.28. The Morgan fingerprint density at radius 1 is 1.00 bits per heavy atom. The van der Waals surface area contributed by atoms with E-state index < -0.39 is 5.91 Å². The molecule has 35 heavy (non-hydrogen) atoms. The molecule has 1 amide bonds. The number of carbonyl (C=O) groups excluding carboxylic acids is 1. The summed E-state index contributed by atoms with van der Waals surface area (Å²) in [7, 11) is 0. The highest BCUT2D eigenvalue weighted by molar-refractivity contribution is 6.39. The van der Waals surface area contributed by atoms with Gasteiger partial charge in [-0.3, -0.25) is 4.79 Å². The number of hydrogen-bond donors (Lipinski definition) is 4. The van der Waals surface area contributed by atoms with Crippen molar-refractivity contribution in [3.8, 4) is 16.9 Å². The topological polar surface area (TPSA) is 129 Å². The SMILES string of the molecule is O=C(NCCO)c1nc2nc(Nc3ccc(OCCO)cc3)ncc2cc1-c1c(Cl)cccc1Cl. The molecule has 4 rings (SSSR count). The third-order valence-electron chi connectivity index (χ3n) is 4.88. The lowest BCUT2D eigenvalue weighted by molar-refractivity contribution is 0.0941. The molecule has 4 N–H and O–H groups in total. The quantitative estimate of drug-likeness (QED) is 0.265. The van der Waals surface area contributed by atoms with Gasteiger partial charge in [0.2, 0.25) is 5.95 Å². The minimum absolute atomic E-state index is 0.0584. The molecule has 180 valence electrons. The molecule has 4 aromatic rings. The standard InChI is InChI=1S/C24H21Cl2N5O4/c25-18-2-1-3-19(26)20(18)17-12-14-13-28-24(29-15-4-6-16(7-5-15)35-11-10-33)31-22(14)30-21(17)23(34)27-8-9-32/h1-7,12-13,32-33H,8-11H2,(H,27,34)(H,28,29,30,31). The first-order valence-corrected chi connectivity index (χ1v) is 11.4. The molecular formula is C24H21Cl2N5O4. The Morgan fingerprint density at radius 2 is 1.74 bits per heavy atom. The van der Waals surface area contributed by atoms with Crippen molar-refractivity contribution in [2.45, 2.75) is 0 Å². The third kappa shape index (κ3) is 5.77. The largest absolute Gasteiger partial charge is 0.491 e. The van der Waals surface area contributed by atoms with Crippen molar-refractivity contribution < 1.29 is 19.7 Å². The zero-order valence-electron chi connectivity index (χ0n) is 18.3. The maximum atomic E-state index is 12.9. The summed E-state index contributed by atoms with van der Waals surface area (Å²) in [6.45, 7) is -0.0193. The average Bonchev–Trinajstić information content (AvgIpc) is 2.86. The number of aromatic nitrogens is 3. The first-order chi connectivity index (χ1) is 17.0. The van der Waals surface area contributed by atoms with Gasteiger partial charge in [0.1, 0.15) is 18.1 Å². The van der Waals surface area contributed by atoms with Gasteiger partial charge < -0.3 is 25.6 Å². The van der Waals surface area contributed by atoms with E-state index in [2.05, 4.69) is 25.6 Å².